The molecule has 1 amide bonds. The van der Waals surface area contributed by atoms with Crippen LogP contribution in [-0.2, 0) is 0 Å². The molecule has 2 rings (SSSR count). The van der Waals surface area contributed by atoms with Crippen LogP contribution in [0.2, 0.25) is 0 Å². The normalized spacial score (nSPS) is 10.2. The average Bonchev–Trinajstić information content (AvgIpc) is 2.69. The first-order valence-corrected chi connectivity index (χ1v) is 6.38. The molecule has 0 radical (unpaired) electrons. The van der Waals surface area contributed by atoms with Crippen LogP contribution in [-0.4, -0.2) is 22.0 Å². The average molecular weight is 276 g/mol. The predicted molar refractivity (Wildman–Crippen MR) is 72.9 cm³/mol. The van der Waals surface area contributed by atoms with E-state index in [9.17, 15) is 9.59 Å². The summed E-state index contributed by atoms with van der Waals surface area (Å²) in [6, 6.07) is 6.13. The molecule has 1 heterocycles. The molecular formula is C13H12N2O3S. The Balaban J connectivity index is 2.21. The number of anilines is 1. The molecule has 6 heteroatoms. The minimum Gasteiger partial charge on any atom is -0.478 e. The lowest BCUT2D eigenvalue weighted by Crippen LogP contribution is -2.12. The molecule has 0 saturated heterocycles. The van der Waals surface area contributed by atoms with Crippen LogP contribution >= 0.6 is 11.3 Å². The summed E-state index contributed by atoms with van der Waals surface area (Å²) in [5.41, 5.74) is 1.26. The zero-order valence-corrected chi connectivity index (χ0v) is 11.2. The second-order valence-electron chi connectivity index (χ2n) is 3.99. The van der Waals surface area contributed by atoms with Crippen molar-refractivity contribution in [2.75, 3.05) is 5.32 Å². The molecule has 0 bridgehead atoms. The number of aromatic nitrogens is 1. The third-order valence-corrected chi connectivity index (χ3v) is 3.55. The molecule has 0 aliphatic carbocycles. The molecular weight excluding hydrogens is 264 g/mol. The van der Waals surface area contributed by atoms with E-state index in [4.69, 9.17) is 5.11 Å². The molecule has 1 aromatic carbocycles. The van der Waals surface area contributed by atoms with Gasteiger partial charge in [-0.2, -0.15) is 0 Å². The van der Waals surface area contributed by atoms with Gasteiger partial charge in [0.1, 0.15) is 4.88 Å². The van der Waals surface area contributed by atoms with Gasteiger partial charge in [0.25, 0.3) is 5.91 Å². The van der Waals surface area contributed by atoms with Crippen LogP contribution in [0.1, 0.15) is 30.7 Å². The van der Waals surface area contributed by atoms with Gasteiger partial charge in [0, 0.05) is 5.69 Å². The second kappa shape index (κ2) is 5.19. The third kappa shape index (κ3) is 2.97. The van der Waals surface area contributed by atoms with Crippen LogP contribution in [0.5, 0.6) is 0 Å². The lowest BCUT2D eigenvalue weighted by Gasteiger charge is -2.04. The molecule has 0 saturated carbocycles. The van der Waals surface area contributed by atoms with Crippen LogP contribution in [0, 0.1) is 13.8 Å². The van der Waals surface area contributed by atoms with Crippen molar-refractivity contribution in [3.05, 3.63) is 45.4 Å². The molecule has 0 atom stereocenters. The van der Waals surface area contributed by atoms with E-state index < -0.39 is 5.97 Å². The molecule has 2 N–H and O–H groups in total. The number of aryl methyl sites for hydroxylation is 2. The summed E-state index contributed by atoms with van der Waals surface area (Å²) in [5.74, 6) is -1.30. The third-order valence-electron chi connectivity index (χ3n) is 2.48. The molecule has 1 aromatic heterocycles. The summed E-state index contributed by atoms with van der Waals surface area (Å²) in [5, 5.41) is 12.4. The molecule has 98 valence electrons. The number of hydrogen-bond donors (Lipinski definition) is 2. The number of nitrogens with one attached hydrogen (secondary N) is 1. The van der Waals surface area contributed by atoms with Gasteiger partial charge in [-0.1, -0.05) is 6.07 Å². The van der Waals surface area contributed by atoms with Crippen molar-refractivity contribution in [3.8, 4) is 0 Å². The van der Waals surface area contributed by atoms with Crippen molar-refractivity contribution in [2.45, 2.75) is 13.8 Å². The number of amides is 1. The first-order chi connectivity index (χ1) is 8.97. The fraction of sp³-hybridized carbons (Fsp3) is 0.154. The molecule has 0 aliphatic heterocycles. The van der Waals surface area contributed by atoms with Crippen LogP contribution < -0.4 is 5.32 Å². The van der Waals surface area contributed by atoms with Gasteiger partial charge in [-0.15, -0.1) is 11.3 Å². The smallest absolute Gasteiger partial charge is 0.335 e. The quantitative estimate of drug-likeness (QED) is 0.903. The van der Waals surface area contributed by atoms with E-state index in [1.807, 2.05) is 6.92 Å². The molecule has 5 nitrogen and oxygen atoms in total. The Morgan fingerprint density at radius 1 is 1.32 bits per heavy atom. The van der Waals surface area contributed by atoms with Crippen LogP contribution in [0.4, 0.5) is 5.69 Å². The SMILES string of the molecule is Cc1nc(C)c(C(=O)Nc2cccc(C(=O)O)c2)s1. The fourth-order valence-electron chi connectivity index (χ4n) is 1.66. The highest BCUT2D eigenvalue weighted by Gasteiger charge is 2.14. The van der Waals surface area contributed by atoms with Crippen LogP contribution in [0.25, 0.3) is 0 Å². The first kappa shape index (κ1) is 13.2. The maximum Gasteiger partial charge on any atom is 0.335 e. The van der Waals surface area contributed by atoms with Crippen molar-refractivity contribution in [3.63, 3.8) is 0 Å². The van der Waals surface area contributed by atoms with Gasteiger partial charge in [0.05, 0.1) is 16.3 Å². The monoisotopic (exact) mass is 276 g/mol. The molecule has 0 aliphatic rings. The zero-order valence-electron chi connectivity index (χ0n) is 10.4. The largest absolute Gasteiger partial charge is 0.478 e. The number of carbonyl (C=O) groups is 2. The van der Waals surface area contributed by atoms with Crippen LogP contribution in [0.15, 0.2) is 24.3 Å². The molecule has 0 unspecified atom stereocenters. The Bertz CT molecular complexity index is 649. The maximum atomic E-state index is 12.0. The number of benzene rings is 1. The summed E-state index contributed by atoms with van der Waals surface area (Å²) in [7, 11) is 0. The Morgan fingerprint density at radius 2 is 2.05 bits per heavy atom. The van der Waals surface area contributed by atoms with Gasteiger partial charge in [-0.25, -0.2) is 9.78 Å². The van der Waals surface area contributed by atoms with E-state index in [2.05, 4.69) is 10.3 Å². The van der Waals surface area contributed by atoms with Gasteiger partial charge in [0.15, 0.2) is 0 Å². The minimum atomic E-state index is -1.03. The molecule has 19 heavy (non-hydrogen) atoms. The standard InChI is InChI=1S/C13H12N2O3S/c1-7-11(19-8(2)14-7)12(16)15-10-5-3-4-9(6-10)13(17)18/h3-6H,1-2H3,(H,15,16)(H,17,18). The summed E-state index contributed by atoms with van der Waals surface area (Å²) in [6.07, 6.45) is 0. The van der Waals surface area contributed by atoms with Crippen molar-refractivity contribution in [1.29, 1.82) is 0 Å². The summed E-state index contributed by atoms with van der Waals surface area (Å²) >= 11 is 1.31. The first-order valence-electron chi connectivity index (χ1n) is 5.56. The Labute approximate surface area is 113 Å². The number of hydrogen-bond acceptors (Lipinski definition) is 4. The van der Waals surface area contributed by atoms with Gasteiger partial charge in [-0.05, 0) is 32.0 Å². The molecule has 0 fully saturated rings. The van der Waals surface area contributed by atoms with Gasteiger partial charge >= 0.3 is 5.97 Å². The minimum absolute atomic E-state index is 0.134. The molecule has 2 aromatic rings. The van der Waals surface area contributed by atoms with Gasteiger partial charge < -0.3 is 10.4 Å². The Kier molecular flexibility index (Phi) is 3.62. The van der Waals surface area contributed by atoms with Crippen LogP contribution in [0.3, 0.4) is 0 Å². The predicted octanol–water partition coefficient (Wildman–Crippen LogP) is 2.71. The number of carboxylic acid groups (broad SMARTS) is 1. The van der Waals surface area contributed by atoms with E-state index >= 15 is 0 Å². The maximum absolute atomic E-state index is 12.0. The number of rotatable bonds is 3. The zero-order chi connectivity index (χ0) is 14.0. The lowest BCUT2D eigenvalue weighted by atomic mass is 10.2. The number of thiazole rings is 1. The summed E-state index contributed by atoms with van der Waals surface area (Å²) < 4.78 is 0. The van der Waals surface area contributed by atoms with Crippen molar-refractivity contribution < 1.29 is 14.7 Å². The molecule has 0 spiro atoms. The van der Waals surface area contributed by atoms with E-state index in [0.717, 1.165) is 5.01 Å². The van der Waals surface area contributed by atoms with E-state index in [-0.39, 0.29) is 11.5 Å². The Morgan fingerprint density at radius 3 is 2.63 bits per heavy atom. The Hall–Kier alpha value is -2.21. The fourth-order valence-corrected chi connectivity index (χ4v) is 2.47. The van der Waals surface area contributed by atoms with Crippen molar-refractivity contribution in [1.82, 2.24) is 4.98 Å². The van der Waals surface area contributed by atoms with E-state index in [1.54, 1.807) is 19.1 Å². The lowest BCUT2D eigenvalue weighted by molar-refractivity contribution is 0.0696. The highest BCUT2D eigenvalue weighted by atomic mass is 32.1. The van der Waals surface area contributed by atoms with Gasteiger partial charge in [0.2, 0.25) is 0 Å². The number of aromatic carboxylic acids is 1. The van der Waals surface area contributed by atoms with E-state index in [0.29, 0.717) is 16.3 Å². The highest BCUT2D eigenvalue weighted by Crippen LogP contribution is 2.19. The summed E-state index contributed by atoms with van der Waals surface area (Å²) in [6.45, 7) is 3.60. The van der Waals surface area contributed by atoms with Crippen molar-refractivity contribution >= 4 is 28.9 Å². The van der Waals surface area contributed by atoms with Gasteiger partial charge in [-0.3, -0.25) is 4.79 Å². The highest BCUT2D eigenvalue weighted by molar-refractivity contribution is 7.13. The van der Waals surface area contributed by atoms with Crippen molar-refractivity contribution in [2.24, 2.45) is 0 Å². The second-order valence-corrected chi connectivity index (χ2v) is 5.19. The number of carboxylic acids is 1. The number of nitrogens with zero attached hydrogens (tertiary/aromatic N) is 1. The topological polar surface area (TPSA) is 79.3 Å². The number of carbonyl (C=O) groups excluding carboxylic acids is 1. The summed E-state index contributed by atoms with van der Waals surface area (Å²) in [4.78, 5) is 27.6. The van der Waals surface area contributed by atoms with E-state index in [1.165, 1.54) is 23.5 Å².